The number of amides is 1. The first kappa shape index (κ1) is 22.8. The number of alkyl halides is 3. The highest BCUT2D eigenvalue weighted by Crippen LogP contribution is 2.35. The average molecular weight is 495 g/mol. The normalized spacial score (nSPS) is 12.6. The minimum atomic E-state index is -4.68. The molecule has 0 aliphatic rings. The first-order valence-corrected chi connectivity index (χ1v) is 10.6. The second-order valence-electron chi connectivity index (χ2n) is 7.08. The number of fused-ring (bicyclic) bond motifs is 1. The molecule has 4 heterocycles. The lowest BCUT2D eigenvalue weighted by Gasteiger charge is -2.10. The molecule has 0 fully saturated rings. The fourth-order valence-electron chi connectivity index (χ4n) is 2.98. The molecule has 0 radical (unpaired) electrons. The van der Waals surface area contributed by atoms with Crippen LogP contribution in [0.1, 0.15) is 50.0 Å². The van der Waals surface area contributed by atoms with Gasteiger partial charge in [-0.05, 0) is 12.1 Å². The van der Waals surface area contributed by atoms with Crippen molar-refractivity contribution in [3.8, 4) is 0 Å². The second-order valence-corrected chi connectivity index (χ2v) is 8.55. The molecule has 1 amide bonds. The van der Waals surface area contributed by atoms with Crippen molar-refractivity contribution in [1.82, 2.24) is 24.9 Å². The van der Waals surface area contributed by atoms with Crippen LogP contribution >= 0.6 is 22.9 Å². The number of aromatic amines is 1. The number of nitrogens with one attached hydrogen (secondary N) is 2. The second kappa shape index (κ2) is 8.87. The molecule has 4 aromatic rings. The number of nitrogens with zero attached hydrogens (tertiary/aromatic N) is 4. The van der Waals surface area contributed by atoms with Gasteiger partial charge in [0, 0.05) is 18.5 Å². The van der Waals surface area contributed by atoms with E-state index in [4.69, 9.17) is 11.6 Å². The zero-order chi connectivity index (χ0) is 23.8. The van der Waals surface area contributed by atoms with Gasteiger partial charge in [-0.2, -0.15) is 13.2 Å². The van der Waals surface area contributed by atoms with Crippen molar-refractivity contribution in [2.24, 2.45) is 0 Å². The minimum absolute atomic E-state index is 0.102. The van der Waals surface area contributed by atoms with Gasteiger partial charge in [0.1, 0.15) is 16.4 Å². The number of carbonyl (C=O) groups excluding carboxylic acids is 2. The van der Waals surface area contributed by atoms with Crippen LogP contribution < -0.4 is 5.32 Å². The maximum atomic E-state index is 13.0. The van der Waals surface area contributed by atoms with E-state index >= 15 is 0 Å². The molecule has 13 heteroatoms. The quantitative estimate of drug-likeness (QED) is 0.360. The summed E-state index contributed by atoms with van der Waals surface area (Å²) in [6, 6.07) is 2.25. The van der Waals surface area contributed by atoms with Crippen molar-refractivity contribution < 1.29 is 22.8 Å². The van der Waals surface area contributed by atoms with Crippen molar-refractivity contribution in [2.75, 3.05) is 5.32 Å². The number of hydrogen-bond acceptors (Lipinski definition) is 7. The number of halogens is 4. The number of rotatable bonds is 6. The number of aromatic nitrogens is 5. The summed E-state index contributed by atoms with van der Waals surface area (Å²) in [7, 11) is 0. The van der Waals surface area contributed by atoms with E-state index < -0.39 is 22.7 Å². The van der Waals surface area contributed by atoms with Gasteiger partial charge in [-0.25, -0.2) is 15.0 Å². The van der Waals surface area contributed by atoms with E-state index in [0.717, 1.165) is 17.5 Å². The summed E-state index contributed by atoms with van der Waals surface area (Å²) in [5, 5.41) is 2.26. The topological polar surface area (TPSA) is 114 Å². The molecule has 170 valence electrons. The summed E-state index contributed by atoms with van der Waals surface area (Å²) in [5.74, 6) is -1.49. The highest BCUT2D eigenvalue weighted by Gasteiger charge is 2.34. The number of ketones is 1. The molecule has 0 aromatic carbocycles. The number of hydrogen-bond donors (Lipinski definition) is 2. The van der Waals surface area contributed by atoms with Gasteiger partial charge in [0.2, 0.25) is 0 Å². The molecule has 0 saturated carbocycles. The van der Waals surface area contributed by atoms with Gasteiger partial charge in [0.25, 0.3) is 5.91 Å². The van der Waals surface area contributed by atoms with Crippen LogP contribution in [0, 0.1) is 0 Å². The number of anilines is 1. The predicted molar refractivity (Wildman–Crippen MR) is 116 cm³/mol. The van der Waals surface area contributed by atoms with E-state index in [-0.39, 0.29) is 34.5 Å². The van der Waals surface area contributed by atoms with Crippen LogP contribution in [0.4, 0.5) is 19.0 Å². The molecule has 8 nitrogen and oxygen atoms in total. The number of H-pyrrole nitrogens is 1. The van der Waals surface area contributed by atoms with Gasteiger partial charge in [-0.3, -0.25) is 14.6 Å². The Hall–Kier alpha value is -3.38. The molecule has 0 aliphatic carbocycles. The Bertz CT molecular complexity index is 1350. The van der Waals surface area contributed by atoms with Crippen molar-refractivity contribution in [3.63, 3.8) is 0 Å². The summed E-state index contributed by atoms with van der Waals surface area (Å²) in [6.45, 7) is 1.78. The molecule has 4 aromatic heterocycles. The molecule has 0 aliphatic heterocycles. The fourth-order valence-corrected chi connectivity index (χ4v) is 4.05. The van der Waals surface area contributed by atoms with Gasteiger partial charge in [0.05, 0.1) is 45.3 Å². The summed E-state index contributed by atoms with van der Waals surface area (Å²) < 4.78 is 39.0. The van der Waals surface area contributed by atoms with E-state index in [1.54, 1.807) is 13.0 Å². The van der Waals surface area contributed by atoms with E-state index in [9.17, 15) is 22.8 Å². The summed E-state index contributed by atoms with van der Waals surface area (Å²) in [5.41, 5.74) is 0.505. The van der Waals surface area contributed by atoms with Gasteiger partial charge < -0.3 is 10.3 Å². The summed E-state index contributed by atoms with van der Waals surface area (Å²) in [4.78, 5) is 44.3. The number of pyridine rings is 2. The zero-order valence-corrected chi connectivity index (χ0v) is 18.3. The maximum Gasteiger partial charge on any atom is 0.418 e. The van der Waals surface area contributed by atoms with Crippen LogP contribution in [-0.4, -0.2) is 36.6 Å². The smallest absolute Gasteiger partial charge is 0.343 e. The lowest BCUT2D eigenvalue weighted by molar-refractivity contribution is -0.137. The minimum Gasteiger partial charge on any atom is -0.343 e. The maximum absolute atomic E-state index is 13.0. The molecular formula is C20H14ClF3N6O2S. The standard InChI is InChI=1S/C20H14ClF3N6O2S/c1-9(2-15(31)13-4-12-14(6-25-13)29-8-28-12)19-27-7-16(33-19)18(32)30-17-3-10(20(22,23)24)11(21)5-26-17/h3-9H,2H2,1H3,(H,28,29)(H,26,30,32)/t9-/m0/s1. The first-order valence-electron chi connectivity index (χ1n) is 9.44. The van der Waals surface area contributed by atoms with Crippen molar-refractivity contribution >= 4 is 51.5 Å². The van der Waals surface area contributed by atoms with Gasteiger partial charge in [0.15, 0.2) is 5.78 Å². The van der Waals surface area contributed by atoms with Crippen LogP contribution in [0.25, 0.3) is 11.0 Å². The Kier molecular flexibility index (Phi) is 6.13. The van der Waals surface area contributed by atoms with Gasteiger partial charge >= 0.3 is 6.18 Å². The van der Waals surface area contributed by atoms with Crippen LogP contribution in [0.3, 0.4) is 0 Å². The van der Waals surface area contributed by atoms with Crippen molar-refractivity contribution in [3.05, 3.63) is 63.2 Å². The van der Waals surface area contributed by atoms with E-state index in [1.807, 2.05) is 0 Å². The SMILES string of the molecule is C[C@@H](CC(=O)c1cc2nc[nH]c2cn1)c1ncc(C(=O)Nc2cc(C(F)(F)F)c(Cl)cn2)s1. The Labute approximate surface area is 193 Å². The molecule has 0 spiro atoms. The van der Waals surface area contributed by atoms with E-state index in [1.165, 1.54) is 18.7 Å². The number of Topliss-reactive ketones (excluding diaryl/α,β-unsaturated/α-hetero) is 1. The fraction of sp³-hybridized carbons (Fsp3) is 0.200. The molecular weight excluding hydrogens is 481 g/mol. The summed E-state index contributed by atoms with van der Waals surface area (Å²) in [6.07, 6.45) is 0.571. The van der Waals surface area contributed by atoms with Crippen LogP contribution in [0.2, 0.25) is 5.02 Å². The van der Waals surface area contributed by atoms with Crippen molar-refractivity contribution in [1.29, 1.82) is 0 Å². The molecule has 33 heavy (non-hydrogen) atoms. The van der Waals surface area contributed by atoms with Gasteiger partial charge in [-0.15, -0.1) is 11.3 Å². The summed E-state index contributed by atoms with van der Waals surface area (Å²) >= 11 is 6.57. The highest BCUT2D eigenvalue weighted by molar-refractivity contribution is 7.13. The molecule has 2 N–H and O–H groups in total. The third-order valence-electron chi connectivity index (χ3n) is 4.65. The number of thiazole rings is 1. The van der Waals surface area contributed by atoms with Crippen LogP contribution in [0.5, 0.6) is 0 Å². The molecule has 1 atom stereocenters. The predicted octanol–water partition coefficient (Wildman–Crippen LogP) is 5.11. The Balaban J connectivity index is 1.43. The molecule has 0 unspecified atom stereocenters. The third kappa shape index (κ3) is 5.01. The number of carbonyl (C=O) groups is 2. The van der Waals surface area contributed by atoms with Crippen LogP contribution in [0.15, 0.2) is 37.1 Å². The third-order valence-corrected chi connectivity index (χ3v) is 6.18. The monoisotopic (exact) mass is 494 g/mol. The zero-order valence-electron chi connectivity index (χ0n) is 16.8. The molecule has 0 saturated heterocycles. The number of imidazole rings is 1. The highest BCUT2D eigenvalue weighted by atomic mass is 35.5. The van der Waals surface area contributed by atoms with E-state index in [0.29, 0.717) is 22.1 Å². The van der Waals surface area contributed by atoms with Crippen molar-refractivity contribution in [2.45, 2.75) is 25.4 Å². The average Bonchev–Trinajstić information content (AvgIpc) is 3.43. The molecule has 4 rings (SSSR count). The largest absolute Gasteiger partial charge is 0.418 e. The van der Waals surface area contributed by atoms with Crippen LogP contribution in [-0.2, 0) is 6.18 Å². The Morgan fingerprint density at radius 3 is 2.70 bits per heavy atom. The lowest BCUT2D eigenvalue weighted by atomic mass is 10.0. The van der Waals surface area contributed by atoms with Gasteiger partial charge in [-0.1, -0.05) is 18.5 Å². The Morgan fingerprint density at radius 1 is 1.15 bits per heavy atom. The lowest BCUT2D eigenvalue weighted by Crippen LogP contribution is -2.13. The molecule has 0 bridgehead atoms. The first-order chi connectivity index (χ1) is 15.6. The van der Waals surface area contributed by atoms with E-state index in [2.05, 4.69) is 30.2 Å². The Morgan fingerprint density at radius 2 is 1.94 bits per heavy atom.